The normalized spacial score (nSPS) is 14.5. The number of fused-ring (bicyclic) bond motifs is 1. The fourth-order valence-corrected chi connectivity index (χ4v) is 1.77. The number of ether oxygens (including phenoxy) is 1. The van der Waals surface area contributed by atoms with E-state index in [1.54, 1.807) is 0 Å². The van der Waals surface area contributed by atoms with Crippen molar-refractivity contribution in [2.45, 2.75) is 12.8 Å². The summed E-state index contributed by atoms with van der Waals surface area (Å²) in [6.45, 7) is 0.681. The Hall–Kier alpha value is -2.08. The topological polar surface area (TPSA) is 45.9 Å². The highest BCUT2D eigenvalue weighted by Gasteiger charge is 2.22. The molecule has 84 valence electrons. The van der Waals surface area contributed by atoms with Crippen LogP contribution in [-0.2, 0) is 0 Å². The van der Waals surface area contributed by atoms with Crippen molar-refractivity contribution >= 4 is 10.9 Å². The third-order valence-electron chi connectivity index (χ3n) is 2.96. The molecule has 0 saturated heterocycles. The molecule has 1 fully saturated rings. The molecular formula is C14H12N2O. The van der Waals surface area contributed by atoms with E-state index in [0.29, 0.717) is 24.0 Å². The van der Waals surface area contributed by atoms with E-state index in [-0.39, 0.29) is 0 Å². The zero-order valence-electron chi connectivity index (χ0n) is 9.39. The van der Waals surface area contributed by atoms with Crippen LogP contribution in [0, 0.1) is 17.2 Å². The van der Waals surface area contributed by atoms with Crippen LogP contribution in [0.5, 0.6) is 5.88 Å². The average molecular weight is 224 g/mol. The number of benzene rings is 1. The Morgan fingerprint density at radius 3 is 2.94 bits per heavy atom. The SMILES string of the molecule is N#Cc1cc2ccccc2nc1OCC1CC1. The highest BCUT2D eigenvalue weighted by molar-refractivity contribution is 5.80. The van der Waals surface area contributed by atoms with Crippen LogP contribution >= 0.6 is 0 Å². The summed E-state index contributed by atoms with van der Waals surface area (Å²) < 4.78 is 5.63. The van der Waals surface area contributed by atoms with Crippen LogP contribution in [0.1, 0.15) is 18.4 Å². The second-order valence-corrected chi connectivity index (χ2v) is 4.40. The van der Waals surface area contributed by atoms with Crippen molar-refractivity contribution in [3.63, 3.8) is 0 Å². The lowest BCUT2D eigenvalue weighted by Gasteiger charge is -2.07. The maximum Gasteiger partial charge on any atom is 0.232 e. The molecule has 1 aromatic heterocycles. The standard InChI is InChI=1S/C14H12N2O/c15-8-12-7-11-3-1-2-4-13(11)16-14(12)17-9-10-5-6-10/h1-4,7,10H,5-6,9H2. The lowest BCUT2D eigenvalue weighted by atomic mass is 10.1. The molecule has 0 aliphatic heterocycles. The van der Waals surface area contributed by atoms with Gasteiger partial charge in [-0.1, -0.05) is 18.2 Å². The summed E-state index contributed by atoms with van der Waals surface area (Å²) in [5, 5.41) is 10.1. The molecule has 17 heavy (non-hydrogen) atoms. The molecule has 2 aromatic rings. The van der Waals surface area contributed by atoms with Crippen molar-refractivity contribution in [1.29, 1.82) is 5.26 Å². The summed E-state index contributed by atoms with van der Waals surface area (Å²) in [5.41, 5.74) is 1.39. The molecule has 1 aliphatic rings. The fourth-order valence-electron chi connectivity index (χ4n) is 1.77. The zero-order valence-corrected chi connectivity index (χ0v) is 9.39. The number of hydrogen-bond acceptors (Lipinski definition) is 3. The van der Waals surface area contributed by atoms with Gasteiger partial charge in [0.1, 0.15) is 11.6 Å². The van der Waals surface area contributed by atoms with E-state index in [1.165, 1.54) is 12.8 Å². The largest absolute Gasteiger partial charge is 0.476 e. The van der Waals surface area contributed by atoms with Crippen LogP contribution in [-0.4, -0.2) is 11.6 Å². The molecule has 0 amide bonds. The molecule has 1 aromatic carbocycles. The third-order valence-corrected chi connectivity index (χ3v) is 2.96. The minimum absolute atomic E-state index is 0.470. The zero-order chi connectivity index (χ0) is 11.7. The summed E-state index contributed by atoms with van der Waals surface area (Å²) in [7, 11) is 0. The molecule has 3 nitrogen and oxygen atoms in total. The second-order valence-electron chi connectivity index (χ2n) is 4.40. The van der Waals surface area contributed by atoms with Crippen molar-refractivity contribution in [3.05, 3.63) is 35.9 Å². The van der Waals surface area contributed by atoms with Crippen LogP contribution in [0.3, 0.4) is 0 Å². The monoisotopic (exact) mass is 224 g/mol. The van der Waals surface area contributed by atoms with Crippen LogP contribution in [0.4, 0.5) is 0 Å². The number of nitrogens with zero attached hydrogens (tertiary/aromatic N) is 2. The van der Waals surface area contributed by atoms with Crippen LogP contribution in [0.25, 0.3) is 10.9 Å². The minimum Gasteiger partial charge on any atom is -0.476 e. The molecule has 3 heteroatoms. The van der Waals surface area contributed by atoms with Gasteiger partial charge in [0.15, 0.2) is 0 Å². The first-order valence-corrected chi connectivity index (χ1v) is 5.79. The van der Waals surface area contributed by atoms with Gasteiger partial charge in [-0.25, -0.2) is 4.98 Å². The average Bonchev–Trinajstić information content (AvgIpc) is 3.19. The van der Waals surface area contributed by atoms with Gasteiger partial charge in [-0.2, -0.15) is 5.26 Å². The van der Waals surface area contributed by atoms with E-state index in [4.69, 9.17) is 10.00 Å². The van der Waals surface area contributed by atoms with Gasteiger partial charge in [0.2, 0.25) is 5.88 Å². The second kappa shape index (κ2) is 4.06. The van der Waals surface area contributed by atoms with Gasteiger partial charge in [-0.05, 0) is 30.9 Å². The van der Waals surface area contributed by atoms with E-state index >= 15 is 0 Å². The Morgan fingerprint density at radius 2 is 2.18 bits per heavy atom. The van der Waals surface area contributed by atoms with E-state index < -0.39 is 0 Å². The Kier molecular flexibility index (Phi) is 2.41. The van der Waals surface area contributed by atoms with Crippen molar-refractivity contribution in [1.82, 2.24) is 4.98 Å². The summed E-state index contributed by atoms with van der Waals surface area (Å²) in [4.78, 5) is 4.40. The molecule has 3 rings (SSSR count). The summed E-state index contributed by atoms with van der Waals surface area (Å²) in [6, 6.07) is 11.7. The number of rotatable bonds is 3. The lowest BCUT2D eigenvalue weighted by molar-refractivity contribution is 0.288. The van der Waals surface area contributed by atoms with Crippen molar-refractivity contribution in [2.75, 3.05) is 6.61 Å². The van der Waals surface area contributed by atoms with Gasteiger partial charge in [-0.15, -0.1) is 0 Å². The number of hydrogen-bond donors (Lipinski definition) is 0. The molecule has 1 heterocycles. The van der Waals surface area contributed by atoms with Gasteiger partial charge in [0.25, 0.3) is 0 Å². The Labute approximate surface area is 99.7 Å². The maximum absolute atomic E-state index is 9.09. The van der Waals surface area contributed by atoms with Crippen LogP contribution < -0.4 is 4.74 Å². The van der Waals surface area contributed by atoms with Gasteiger partial charge in [0.05, 0.1) is 12.1 Å². The Balaban J connectivity index is 1.99. The molecule has 0 atom stereocenters. The smallest absolute Gasteiger partial charge is 0.232 e. The van der Waals surface area contributed by atoms with E-state index in [1.807, 2.05) is 30.3 Å². The molecule has 0 unspecified atom stereocenters. The quantitative estimate of drug-likeness (QED) is 0.805. The maximum atomic E-state index is 9.09. The molecule has 0 radical (unpaired) electrons. The first-order chi connectivity index (χ1) is 8.36. The van der Waals surface area contributed by atoms with Gasteiger partial charge in [0, 0.05) is 5.39 Å². The molecule has 1 saturated carbocycles. The number of aromatic nitrogens is 1. The van der Waals surface area contributed by atoms with Gasteiger partial charge in [-0.3, -0.25) is 0 Å². The molecule has 0 spiro atoms. The fraction of sp³-hybridized carbons (Fsp3) is 0.286. The molecule has 0 bridgehead atoms. The van der Waals surface area contributed by atoms with Crippen molar-refractivity contribution < 1.29 is 4.74 Å². The van der Waals surface area contributed by atoms with E-state index in [2.05, 4.69) is 11.1 Å². The van der Waals surface area contributed by atoms with Crippen LogP contribution in [0.2, 0.25) is 0 Å². The molecule has 1 aliphatic carbocycles. The van der Waals surface area contributed by atoms with Crippen LogP contribution in [0.15, 0.2) is 30.3 Å². The lowest BCUT2D eigenvalue weighted by Crippen LogP contribution is -2.02. The summed E-state index contributed by atoms with van der Waals surface area (Å²) in [5.74, 6) is 1.13. The Morgan fingerprint density at radius 1 is 1.35 bits per heavy atom. The molecular weight excluding hydrogens is 212 g/mol. The van der Waals surface area contributed by atoms with Crippen molar-refractivity contribution in [3.8, 4) is 11.9 Å². The summed E-state index contributed by atoms with van der Waals surface area (Å²) in [6.07, 6.45) is 2.46. The molecule has 0 N–H and O–H groups in total. The minimum atomic E-state index is 0.470. The first-order valence-electron chi connectivity index (χ1n) is 5.79. The predicted molar refractivity (Wildman–Crippen MR) is 64.7 cm³/mol. The predicted octanol–water partition coefficient (Wildman–Crippen LogP) is 2.90. The number of para-hydroxylation sites is 1. The Bertz CT molecular complexity index is 597. The van der Waals surface area contributed by atoms with E-state index in [9.17, 15) is 0 Å². The van der Waals surface area contributed by atoms with E-state index in [0.717, 1.165) is 10.9 Å². The van der Waals surface area contributed by atoms with Crippen molar-refractivity contribution in [2.24, 2.45) is 5.92 Å². The number of pyridine rings is 1. The highest BCUT2D eigenvalue weighted by atomic mass is 16.5. The number of nitriles is 1. The summed E-state index contributed by atoms with van der Waals surface area (Å²) >= 11 is 0. The van der Waals surface area contributed by atoms with Gasteiger partial charge >= 0.3 is 0 Å². The highest BCUT2D eigenvalue weighted by Crippen LogP contribution is 2.30. The third kappa shape index (κ3) is 2.07. The first kappa shape index (κ1) is 10.1. The van der Waals surface area contributed by atoms with Gasteiger partial charge < -0.3 is 4.74 Å².